The minimum absolute atomic E-state index is 0.389. The lowest BCUT2D eigenvalue weighted by Crippen LogP contribution is -2.13. The molecule has 79 heavy (non-hydrogen) atoms. The van der Waals surface area contributed by atoms with E-state index >= 15 is 0 Å². The molecule has 0 fully saturated rings. The van der Waals surface area contributed by atoms with Crippen molar-refractivity contribution in [1.29, 1.82) is 0 Å². The highest BCUT2D eigenvalue weighted by atomic mass is 35.5. The van der Waals surface area contributed by atoms with Gasteiger partial charge < -0.3 is 10.6 Å². The van der Waals surface area contributed by atoms with Crippen molar-refractivity contribution in [3.05, 3.63) is 231 Å². The summed E-state index contributed by atoms with van der Waals surface area (Å²) in [7, 11) is 4.07. The number of hydrogen-bond acceptors (Lipinski definition) is 6. The molecule has 0 aliphatic carbocycles. The Morgan fingerprint density at radius 3 is 1.46 bits per heavy atom. The fraction of sp³-hybridized carbons (Fsp3) is 0.309. The predicted molar refractivity (Wildman–Crippen MR) is 337 cm³/mol. The molecule has 7 aromatic carbocycles. The molecule has 0 aliphatic rings. The van der Waals surface area contributed by atoms with Crippen molar-refractivity contribution in [2.24, 2.45) is 28.8 Å². The average Bonchev–Trinajstić information content (AvgIpc) is 4.07. The molecule has 0 amide bonds. The van der Waals surface area contributed by atoms with Gasteiger partial charge in [0.1, 0.15) is 5.50 Å². The third-order valence-corrected chi connectivity index (χ3v) is 13.3. The molecule has 9 nitrogen and oxygen atoms in total. The van der Waals surface area contributed by atoms with Gasteiger partial charge in [-0.2, -0.15) is 5.10 Å². The van der Waals surface area contributed by atoms with Crippen molar-refractivity contribution in [1.82, 2.24) is 20.2 Å². The maximum absolute atomic E-state index is 7.72. The first kappa shape index (κ1) is 62.2. The number of para-hydroxylation sites is 1. The Morgan fingerprint density at radius 2 is 1.00 bits per heavy atom. The predicted octanol–water partition coefficient (Wildman–Crippen LogP) is 18.2. The Hall–Kier alpha value is -7.69. The Morgan fingerprint density at radius 1 is 0.582 bits per heavy atom. The Bertz CT molecular complexity index is 3210. The lowest BCUT2D eigenvalue weighted by atomic mass is 9.92. The molecule has 0 saturated heterocycles. The molecular formula is C68H79Cl2N9. The summed E-state index contributed by atoms with van der Waals surface area (Å²) in [5, 5.41) is 14.0. The van der Waals surface area contributed by atoms with Crippen LogP contribution in [0, 0.1) is 50.7 Å². The molecule has 410 valence electrons. The largest absolute Gasteiger partial charge is 0.398 e. The van der Waals surface area contributed by atoms with Crippen LogP contribution in [0.3, 0.4) is 0 Å². The third kappa shape index (κ3) is 18.7. The number of aryl methyl sites for hydroxylation is 2. The number of alkyl halides is 1. The fourth-order valence-corrected chi connectivity index (χ4v) is 9.48. The van der Waals surface area contributed by atoms with Crippen molar-refractivity contribution >= 4 is 51.1 Å². The summed E-state index contributed by atoms with van der Waals surface area (Å²) >= 11 is 12.4. The van der Waals surface area contributed by atoms with E-state index in [4.69, 9.17) is 52.3 Å². The van der Waals surface area contributed by atoms with Crippen LogP contribution in [0.4, 0.5) is 22.7 Å². The molecule has 0 bridgehead atoms. The summed E-state index contributed by atoms with van der Waals surface area (Å²) in [5.74, 6) is 3.68. The van der Waals surface area contributed by atoms with Crippen molar-refractivity contribution in [3.63, 3.8) is 0 Å². The van der Waals surface area contributed by atoms with Gasteiger partial charge in [0.15, 0.2) is 28.2 Å². The fourth-order valence-electron chi connectivity index (χ4n) is 9.02. The number of halogens is 2. The average molecular weight is 1090 g/mol. The van der Waals surface area contributed by atoms with E-state index in [1.165, 1.54) is 16.8 Å². The molecule has 1 unspecified atom stereocenters. The van der Waals surface area contributed by atoms with E-state index in [0.717, 1.165) is 93.2 Å². The summed E-state index contributed by atoms with van der Waals surface area (Å²) in [6, 6.07) is 54.3. The van der Waals surface area contributed by atoms with Crippen LogP contribution in [-0.4, -0.2) is 34.0 Å². The van der Waals surface area contributed by atoms with Gasteiger partial charge >= 0.3 is 0 Å². The quantitative estimate of drug-likeness (QED) is 0.0251. The highest BCUT2D eigenvalue weighted by Gasteiger charge is 2.24. The summed E-state index contributed by atoms with van der Waals surface area (Å²) in [5.41, 5.74) is 24.1. The van der Waals surface area contributed by atoms with Crippen LogP contribution >= 0.6 is 23.2 Å². The summed E-state index contributed by atoms with van der Waals surface area (Å²) < 4.78 is 2.24. The van der Waals surface area contributed by atoms with E-state index in [2.05, 4.69) is 153 Å². The van der Waals surface area contributed by atoms with E-state index in [-0.39, 0.29) is 0 Å². The van der Waals surface area contributed by atoms with Crippen molar-refractivity contribution in [3.8, 4) is 28.5 Å². The number of aromatic nitrogens is 3. The highest BCUT2D eigenvalue weighted by Crippen LogP contribution is 2.37. The molecule has 1 atom stereocenters. The molecule has 0 aliphatic heterocycles. The maximum Gasteiger partial charge on any atom is 0.187 e. The molecule has 8 aromatic rings. The molecule has 1 aromatic heterocycles. The minimum atomic E-state index is -0.404. The van der Waals surface area contributed by atoms with Crippen molar-refractivity contribution < 1.29 is 0 Å². The minimum Gasteiger partial charge on any atom is -0.398 e. The Labute approximate surface area is 482 Å². The second-order valence-corrected chi connectivity index (χ2v) is 22.4. The van der Waals surface area contributed by atoms with E-state index in [1.54, 1.807) is 0 Å². The smallest absolute Gasteiger partial charge is 0.187 e. The molecule has 3 N–H and O–H groups in total. The van der Waals surface area contributed by atoms with Gasteiger partial charge in [-0.15, -0.1) is 10.2 Å². The lowest BCUT2D eigenvalue weighted by molar-refractivity contribution is 0.632. The molecule has 0 saturated carbocycles. The molecule has 0 spiro atoms. The van der Waals surface area contributed by atoms with Gasteiger partial charge in [-0.3, -0.25) is 9.99 Å². The summed E-state index contributed by atoms with van der Waals surface area (Å²) in [6.07, 6.45) is 3.65. The number of nitrogens with two attached hydrogens (primary N) is 1. The second-order valence-electron chi connectivity index (χ2n) is 21.6. The van der Waals surface area contributed by atoms with E-state index < -0.39 is 5.50 Å². The lowest BCUT2D eigenvalue weighted by Gasteiger charge is -2.22. The Balaban J connectivity index is 0.000000216. The number of nitrogen functional groups attached to an aromatic ring is 1. The van der Waals surface area contributed by atoms with Crippen molar-refractivity contribution in [2.45, 2.75) is 100 Å². The Kier molecular flexibility index (Phi) is 24.4. The molecule has 8 rings (SSSR count). The second kappa shape index (κ2) is 31.0. The molecular weight excluding hydrogens is 1010 g/mol. The first-order valence-electron chi connectivity index (χ1n) is 27.2. The highest BCUT2D eigenvalue weighted by molar-refractivity contribution is 6.69. The first-order valence-corrected chi connectivity index (χ1v) is 28.0. The zero-order chi connectivity index (χ0) is 57.6. The number of anilines is 2. The SMILES string of the molecule is CN(C)c1ccccc1.Cc1ccccc1C(Cl)N/N=C(\Cl)c1ccccc1.[C-]#[N+]c1cc(CC(C)C)c(-n2c(-c3ccccc3)nnc2-c2ccccc2C)c(CC(C)C)c1.[C-]#[N+]c1cc(CC(C)C)c(N)c(CC(C)C)c1. The van der Waals surface area contributed by atoms with Crippen LogP contribution in [0.5, 0.6) is 0 Å². The topological polar surface area (TPSA) is 93.1 Å². The van der Waals surface area contributed by atoms with Gasteiger partial charge in [-0.25, -0.2) is 9.69 Å². The van der Waals surface area contributed by atoms with Gasteiger partial charge in [0.25, 0.3) is 0 Å². The standard InChI is InChI=1S/C30H32N4.C15H14Cl2N2.C15H22N2.C8H11N/c1-20(2)16-24-18-26(31-6)19-25(17-21(3)4)28(24)34-29(23-13-8-7-9-14-23)32-33-30(34)27-15-11-10-12-22(27)5;1-11-7-5-6-10-13(11)15(17)19-18-14(16)12-8-3-2-4-9-12;1-10(2)6-12-8-14(17-5)9-13(15(12)16)7-11(3)4;1-9(2)8-6-4-3-5-7-8/h7-15,18-21H,16-17H2,1-5H3;2-10,15,19H,1H3;8-11H,6-7,16H2,1-4H3;3-7H,1-2H3/b;18-14-;;. The number of benzene rings is 7. The number of hydrazone groups is 1. The van der Waals surface area contributed by atoms with Gasteiger partial charge in [-0.1, -0.05) is 230 Å². The normalized spacial score (nSPS) is 11.4. The van der Waals surface area contributed by atoms with Crippen LogP contribution < -0.4 is 16.1 Å². The van der Waals surface area contributed by atoms with Gasteiger partial charge in [0.2, 0.25) is 0 Å². The number of nitrogens with zero attached hydrogens (tertiary/aromatic N) is 7. The van der Waals surface area contributed by atoms with Crippen LogP contribution in [0.25, 0.3) is 38.2 Å². The zero-order valence-electron chi connectivity index (χ0n) is 48.3. The zero-order valence-corrected chi connectivity index (χ0v) is 49.8. The third-order valence-electron chi connectivity index (χ3n) is 12.7. The monoisotopic (exact) mass is 1090 g/mol. The van der Waals surface area contributed by atoms with Crippen LogP contribution in [0.2, 0.25) is 0 Å². The van der Waals surface area contributed by atoms with Crippen LogP contribution in [0.1, 0.15) is 105 Å². The first-order chi connectivity index (χ1) is 37.8. The van der Waals surface area contributed by atoms with Crippen molar-refractivity contribution in [2.75, 3.05) is 24.7 Å². The molecule has 11 heteroatoms. The van der Waals surface area contributed by atoms with E-state index in [0.29, 0.717) is 40.2 Å². The number of rotatable bonds is 16. The van der Waals surface area contributed by atoms with E-state index in [1.807, 2.05) is 124 Å². The maximum atomic E-state index is 7.72. The summed E-state index contributed by atoms with van der Waals surface area (Å²) in [4.78, 5) is 9.44. The number of hydrogen-bond donors (Lipinski definition) is 2. The van der Waals surface area contributed by atoms with Crippen LogP contribution in [0.15, 0.2) is 169 Å². The summed E-state index contributed by atoms with van der Waals surface area (Å²) in [6.45, 7) is 36.6. The van der Waals surface area contributed by atoms with Gasteiger partial charge in [-0.05, 0) is 114 Å². The van der Waals surface area contributed by atoms with Gasteiger partial charge in [0.05, 0.1) is 18.8 Å². The van der Waals surface area contributed by atoms with Crippen LogP contribution in [-0.2, 0) is 25.7 Å². The number of nitrogens with one attached hydrogen (secondary N) is 1. The molecule has 0 radical (unpaired) electrons. The van der Waals surface area contributed by atoms with Gasteiger partial charge in [0, 0.05) is 42.2 Å². The van der Waals surface area contributed by atoms with E-state index in [9.17, 15) is 0 Å². The molecule has 1 heterocycles.